The van der Waals surface area contributed by atoms with Gasteiger partial charge in [-0.15, -0.1) is 5.10 Å². The van der Waals surface area contributed by atoms with E-state index in [1.807, 2.05) is 18.7 Å². The minimum absolute atomic E-state index is 0.0811. The third kappa shape index (κ3) is 4.95. The number of nitrogens with zero attached hydrogens (tertiary/aromatic N) is 8. The number of aryl methyl sites for hydroxylation is 2. The third-order valence-electron chi connectivity index (χ3n) is 6.20. The topological polar surface area (TPSA) is 83.3 Å². The van der Waals surface area contributed by atoms with Crippen molar-refractivity contribution in [1.82, 2.24) is 35.0 Å². The number of aromatic nitrogens is 5. The minimum Gasteiger partial charge on any atom is -0.368 e. The lowest BCUT2D eigenvalue weighted by atomic mass is 9.99. The zero-order chi connectivity index (χ0) is 21.1. The zero-order valence-corrected chi connectivity index (χ0v) is 18.3. The van der Waals surface area contributed by atoms with Crippen molar-refractivity contribution in [1.29, 1.82) is 0 Å². The van der Waals surface area contributed by atoms with Crippen LogP contribution in [0.3, 0.4) is 0 Å². The highest BCUT2D eigenvalue weighted by molar-refractivity contribution is 5.76. The first kappa shape index (κ1) is 20.7. The number of rotatable bonds is 5. The van der Waals surface area contributed by atoms with Crippen molar-refractivity contribution in [3.63, 3.8) is 0 Å². The average molecular weight is 413 g/mol. The van der Waals surface area contributed by atoms with Crippen LogP contribution in [0.5, 0.6) is 0 Å². The maximum Gasteiger partial charge on any atom is 0.244 e. The van der Waals surface area contributed by atoms with Crippen LogP contribution >= 0.6 is 0 Å². The zero-order valence-electron chi connectivity index (χ0n) is 18.3. The standard InChI is InChI=1S/C21H32N8O/c1-16-4-6-26(7-5-16)14-20-23-24-25-29(20)15-21(30)28-10-8-27(9-11-28)19-12-17(2)22-18(3)13-19/h12-13,16H,4-11,14-15H2,1-3H3. The Kier molecular flexibility index (Phi) is 6.26. The number of likely N-dealkylation sites (tertiary alicyclic amines) is 1. The summed E-state index contributed by atoms with van der Waals surface area (Å²) in [4.78, 5) is 23.9. The van der Waals surface area contributed by atoms with Crippen LogP contribution in [0.25, 0.3) is 0 Å². The third-order valence-corrected chi connectivity index (χ3v) is 6.20. The molecule has 1 amide bonds. The van der Waals surface area contributed by atoms with Crippen LogP contribution in [0, 0.1) is 19.8 Å². The summed E-state index contributed by atoms with van der Waals surface area (Å²) in [6, 6.07) is 4.22. The monoisotopic (exact) mass is 412 g/mol. The van der Waals surface area contributed by atoms with Crippen LogP contribution in [0.4, 0.5) is 5.69 Å². The smallest absolute Gasteiger partial charge is 0.244 e. The molecule has 0 saturated carbocycles. The van der Waals surface area contributed by atoms with E-state index in [-0.39, 0.29) is 12.5 Å². The van der Waals surface area contributed by atoms with E-state index >= 15 is 0 Å². The van der Waals surface area contributed by atoms with Crippen molar-refractivity contribution < 1.29 is 4.79 Å². The second-order valence-electron chi connectivity index (χ2n) is 8.69. The van der Waals surface area contributed by atoms with Gasteiger partial charge >= 0.3 is 0 Å². The van der Waals surface area contributed by atoms with Gasteiger partial charge < -0.3 is 9.80 Å². The number of carbonyl (C=O) groups is 1. The van der Waals surface area contributed by atoms with Gasteiger partial charge in [0.2, 0.25) is 5.91 Å². The van der Waals surface area contributed by atoms with E-state index in [4.69, 9.17) is 0 Å². The van der Waals surface area contributed by atoms with Crippen LogP contribution in [0.15, 0.2) is 12.1 Å². The van der Waals surface area contributed by atoms with Gasteiger partial charge in [-0.3, -0.25) is 14.7 Å². The summed E-state index contributed by atoms with van der Waals surface area (Å²) < 4.78 is 1.67. The van der Waals surface area contributed by atoms with Gasteiger partial charge in [0.25, 0.3) is 0 Å². The van der Waals surface area contributed by atoms with E-state index in [1.165, 1.54) is 18.5 Å². The van der Waals surface area contributed by atoms with Crippen molar-refractivity contribution in [2.45, 2.75) is 46.7 Å². The number of piperazine rings is 1. The lowest BCUT2D eigenvalue weighted by Crippen LogP contribution is -2.49. The first-order valence-corrected chi connectivity index (χ1v) is 10.9. The molecule has 162 valence electrons. The number of hydrogen-bond donors (Lipinski definition) is 0. The molecule has 0 N–H and O–H groups in total. The van der Waals surface area contributed by atoms with Gasteiger partial charge in [-0.05, 0) is 68.3 Å². The normalized spacial score (nSPS) is 18.8. The molecule has 2 aliphatic rings. The van der Waals surface area contributed by atoms with Crippen LogP contribution in [0.2, 0.25) is 0 Å². The van der Waals surface area contributed by atoms with Crippen molar-refractivity contribution in [2.24, 2.45) is 5.92 Å². The molecule has 0 aliphatic carbocycles. The van der Waals surface area contributed by atoms with Crippen molar-refractivity contribution in [3.8, 4) is 0 Å². The van der Waals surface area contributed by atoms with Crippen LogP contribution in [-0.4, -0.2) is 80.2 Å². The molecule has 4 rings (SSSR count). The number of amides is 1. The predicted molar refractivity (Wildman–Crippen MR) is 114 cm³/mol. The molecule has 4 heterocycles. The van der Waals surface area contributed by atoms with E-state index in [1.54, 1.807) is 4.68 Å². The number of hydrogen-bond acceptors (Lipinski definition) is 7. The quantitative estimate of drug-likeness (QED) is 0.731. The number of anilines is 1. The lowest BCUT2D eigenvalue weighted by molar-refractivity contribution is -0.132. The molecular weight excluding hydrogens is 380 g/mol. The molecule has 0 radical (unpaired) electrons. The Morgan fingerprint density at radius 3 is 2.37 bits per heavy atom. The molecule has 0 aromatic carbocycles. The molecule has 2 saturated heterocycles. The summed E-state index contributed by atoms with van der Waals surface area (Å²) >= 11 is 0. The predicted octanol–water partition coefficient (Wildman–Crippen LogP) is 1.27. The van der Waals surface area contributed by atoms with E-state index in [0.717, 1.165) is 49.3 Å². The average Bonchev–Trinajstić information content (AvgIpc) is 3.15. The second-order valence-corrected chi connectivity index (χ2v) is 8.69. The Morgan fingerprint density at radius 2 is 1.70 bits per heavy atom. The second kappa shape index (κ2) is 9.07. The number of piperidine rings is 1. The minimum atomic E-state index is 0.0811. The molecule has 30 heavy (non-hydrogen) atoms. The molecule has 0 spiro atoms. The highest BCUT2D eigenvalue weighted by Gasteiger charge is 2.24. The lowest BCUT2D eigenvalue weighted by Gasteiger charge is -2.36. The number of pyridine rings is 1. The van der Waals surface area contributed by atoms with Crippen molar-refractivity contribution in [3.05, 3.63) is 29.3 Å². The van der Waals surface area contributed by atoms with Crippen LogP contribution in [-0.2, 0) is 17.9 Å². The largest absolute Gasteiger partial charge is 0.368 e. The summed E-state index contributed by atoms with van der Waals surface area (Å²) in [5.41, 5.74) is 3.24. The maximum absolute atomic E-state index is 12.9. The van der Waals surface area contributed by atoms with E-state index in [2.05, 4.69) is 49.4 Å². The number of carbonyl (C=O) groups excluding carboxylic acids is 1. The van der Waals surface area contributed by atoms with Gasteiger partial charge in [0, 0.05) is 43.3 Å². The van der Waals surface area contributed by atoms with E-state index in [0.29, 0.717) is 19.6 Å². The molecule has 0 unspecified atom stereocenters. The maximum atomic E-state index is 12.9. The Labute approximate surface area is 178 Å². The molecular formula is C21H32N8O. The Morgan fingerprint density at radius 1 is 1.03 bits per heavy atom. The molecule has 2 aromatic rings. The summed E-state index contributed by atoms with van der Waals surface area (Å²) in [5.74, 6) is 1.65. The Balaban J connectivity index is 1.31. The van der Waals surface area contributed by atoms with Gasteiger partial charge in [-0.1, -0.05) is 6.92 Å². The fourth-order valence-electron chi connectivity index (χ4n) is 4.32. The van der Waals surface area contributed by atoms with E-state index in [9.17, 15) is 4.79 Å². The van der Waals surface area contributed by atoms with Crippen molar-refractivity contribution >= 4 is 11.6 Å². The van der Waals surface area contributed by atoms with Crippen molar-refractivity contribution in [2.75, 3.05) is 44.2 Å². The summed E-state index contributed by atoms with van der Waals surface area (Å²) in [7, 11) is 0. The molecule has 2 fully saturated rings. The fraction of sp³-hybridized carbons (Fsp3) is 0.667. The molecule has 2 aliphatic heterocycles. The first-order valence-electron chi connectivity index (χ1n) is 10.9. The molecule has 0 bridgehead atoms. The Hall–Kier alpha value is -2.55. The van der Waals surface area contributed by atoms with Gasteiger partial charge in [0.15, 0.2) is 5.82 Å². The summed E-state index contributed by atoms with van der Waals surface area (Å²) in [5, 5.41) is 12.1. The summed E-state index contributed by atoms with van der Waals surface area (Å²) in [6.07, 6.45) is 2.42. The molecule has 9 nitrogen and oxygen atoms in total. The fourth-order valence-corrected chi connectivity index (χ4v) is 4.32. The first-order chi connectivity index (χ1) is 14.5. The SMILES string of the molecule is Cc1cc(N2CCN(C(=O)Cn3nnnc3CN3CCC(C)CC3)CC2)cc(C)n1. The highest BCUT2D eigenvalue weighted by atomic mass is 16.2. The van der Waals surface area contributed by atoms with Gasteiger partial charge in [0.1, 0.15) is 6.54 Å². The number of tetrazole rings is 1. The van der Waals surface area contributed by atoms with Gasteiger partial charge in [0.05, 0.1) is 6.54 Å². The molecule has 9 heteroatoms. The molecule has 0 atom stereocenters. The van der Waals surface area contributed by atoms with Crippen LogP contribution in [0.1, 0.15) is 37.0 Å². The highest BCUT2D eigenvalue weighted by Crippen LogP contribution is 2.19. The summed E-state index contributed by atoms with van der Waals surface area (Å²) in [6.45, 7) is 12.5. The Bertz CT molecular complexity index is 845. The van der Waals surface area contributed by atoms with Gasteiger partial charge in [-0.25, -0.2) is 4.68 Å². The van der Waals surface area contributed by atoms with Gasteiger partial charge in [-0.2, -0.15) is 0 Å². The van der Waals surface area contributed by atoms with E-state index < -0.39 is 0 Å². The molecule has 2 aromatic heterocycles. The van der Waals surface area contributed by atoms with Crippen LogP contribution < -0.4 is 4.90 Å².